The second kappa shape index (κ2) is 12.9. The van der Waals surface area contributed by atoms with Gasteiger partial charge in [-0.2, -0.15) is 0 Å². The molecular weight excluding hydrogens is 484 g/mol. The second-order valence-electron chi connectivity index (χ2n) is 9.46. The van der Waals surface area contributed by atoms with Crippen molar-refractivity contribution in [2.75, 3.05) is 29.9 Å². The van der Waals surface area contributed by atoms with Crippen molar-refractivity contribution in [3.63, 3.8) is 0 Å². The predicted molar refractivity (Wildman–Crippen MR) is 145 cm³/mol. The first-order chi connectivity index (χ1) is 18.4. The monoisotopic (exact) mass is 518 g/mol. The molecular formula is C29H34N4O5. The largest absolute Gasteiger partial charge is 0.490 e. The van der Waals surface area contributed by atoms with Gasteiger partial charge in [0.15, 0.2) is 17.3 Å². The molecule has 9 nitrogen and oxygen atoms in total. The summed E-state index contributed by atoms with van der Waals surface area (Å²) < 4.78 is 12.0. The Balaban J connectivity index is 1.33. The summed E-state index contributed by atoms with van der Waals surface area (Å²) in [6.07, 6.45) is 5.71. The van der Waals surface area contributed by atoms with Gasteiger partial charge in [-0.05, 0) is 49.4 Å². The van der Waals surface area contributed by atoms with E-state index in [0.717, 1.165) is 42.0 Å². The molecule has 1 fully saturated rings. The number of hydrogen-bond donors (Lipinski definition) is 2. The van der Waals surface area contributed by atoms with Crippen molar-refractivity contribution in [1.82, 2.24) is 9.97 Å². The SMILES string of the molecule is CCOc1ccccc1O[C@@H]1CCCN(c2cncc(NC(=O)Cc3ccc(C[C@H](C)C(=O)O)cc3)n2)C1. The van der Waals surface area contributed by atoms with Crippen LogP contribution in [0.3, 0.4) is 0 Å². The van der Waals surface area contributed by atoms with E-state index in [-0.39, 0.29) is 18.4 Å². The number of benzene rings is 2. The molecule has 1 amide bonds. The molecule has 2 aromatic carbocycles. The van der Waals surface area contributed by atoms with Crippen molar-refractivity contribution in [3.8, 4) is 11.5 Å². The fraction of sp³-hybridized carbons (Fsp3) is 0.379. The lowest BCUT2D eigenvalue weighted by molar-refractivity contribution is -0.141. The lowest BCUT2D eigenvalue weighted by Crippen LogP contribution is -2.41. The third-order valence-electron chi connectivity index (χ3n) is 6.39. The van der Waals surface area contributed by atoms with E-state index in [9.17, 15) is 9.59 Å². The molecule has 1 aliphatic heterocycles. The number of ether oxygens (including phenoxy) is 2. The fourth-order valence-electron chi connectivity index (χ4n) is 4.42. The number of carbonyl (C=O) groups excluding carboxylic acids is 1. The third kappa shape index (κ3) is 7.44. The quantitative estimate of drug-likeness (QED) is 0.385. The van der Waals surface area contributed by atoms with Crippen LogP contribution in [0.1, 0.15) is 37.8 Å². The van der Waals surface area contributed by atoms with Crippen LogP contribution in [0.5, 0.6) is 11.5 Å². The summed E-state index contributed by atoms with van der Waals surface area (Å²) in [5, 5.41) is 11.9. The van der Waals surface area contributed by atoms with Gasteiger partial charge in [0.25, 0.3) is 0 Å². The number of hydrogen-bond acceptors (Lipinski definition) is 7. The number of aromatic nitrogens is 2. The van der Waals surface area contributed by atoms with E-state index in [1.165, 1.54) is 6.20 Å². The maximum Gasteiger partial charge on any atom is 0.306 e. The van der Waals surface area contributed by atoms with Crippen LogP contribution < -0.4 is 19.7 Å². The molecule has 1 saturated heterocycles. The van der Waals surface area contributed by atoms with E-state index < -0.39 is 11.9 Å². The second-order valence-corrected chi connectivity index (χ2v) is 9.46. The number of para-hydroxylation sites is 2. The molecule has 3 aromatic rings. The number of carboxylic acids is 1. The van der Waals surface area contributed by atoms with E-state index in [4.69, 9.17) is 14.6 Å². The number of amides is 1. The zero-order chi connectivity index (χ0) is 26.9. The van der Waals surface area contributed by atoms with Crippen LogP contribution in [-0.2, 0) is 22.4 Å². The Morgan fingerprint density at radius 2 is 1.84 bits per heavy atom. The molecule has 9 heteroatoms. The fourth-order valence-corrected chi connectivity index (χ4v) is 4.42. The van der Waals surface area contributed by atoms with Crippen molar-refractivity contribution in [2.45, 2.75) is 45.6 Å². The molecule has 200 valence electrons. The lowest BCUT2D eigenvalue weighted by Gasteiger charge is -2.33. The summed E-state index contributed by atoms with van der Waals surface area (Å²) in [5.74, 6) is 1.07. The third-order valence-corrected chi connectivity index (χ3v) is 6.39. The van der Waals surface area contributed by atoms with Gasteiger partial charge in [0, 0.05) is 6.54 Å². The average molecular weight is 519 g/mol. The molecule has 0 saturated carbocycles. The van der Waals surface area contributed by atoms with Crippen LogP contribution in [-0.4, -0.2) is 52.8 Å². The van der Waals surface area contributed by atoms with E-state index in [2.05, 4.69) is 20.2 Å². The Hall–Kier alpha value is -4.14. The zero-order valence-electron chi connectivity index (χ0n) is 21.8. The highest BCUT2D eigenvalue weighted by Crippen LogP contribution is 2.30. The number of aliphatic carboxylic acids is 1. The predicted octanol–water partition coefficient (Wildman–Crippen LogP) is 4.37. The van der Waals surface area contributed by atoms with Gasteiger partial charge in [-0.15, -0.1) is 0 Å². The van der Waals surface area contributed by atoms with Crippen LogP contribution >= 0.6 is 0 Å². The zero-order valence-corrected chi connectivity index (χ0v) is 21.8. The van der Waals surface area contributed by atoms with Crippen molar-refractivity contribution >= 4 is 23.5 Å². The van der Waals surface area contributed by atoms with Crippen molar-refractivity contribution in [2.24, 2.45) is 5.92 Å². The Morgan fingerprint density at radius 3 is 2.58 bits per heavy atom. The van der Waals surface area contributed by atoms with Gasteiger partial charge in [-0.25, -0.2) is 4.98 Å². The van der Waals surface area contributed by atoms with Crippen molar-refractivity contribution in [1.29, 1.82) is 0 Å². The Bertz CT molecular complexity index is 1230. The van der Waals surface area contributed by atoms with Crippen LogP contribution in [0, 0.1) is 5.92 Å². The maximum absolute atomic E-state index is 12.7. The summed E-state index contributed by atoms with van der Waals surface area (Å²) in [7, 11) is 0. The van der Waals surface area contributed by atoms with Gasteiger partial charge in [0.1, 0.15) is 11.9 Å². The molecule has 0 radical (unpaired) electrons. The average Bonchev–Trinajstić information content (AvgIpc) is 2.91. The van der Waals surface area contributed by atoms with Crippen molar-refractivity contribution in [3.05, 3.63) is 72.1 Å². The highest BCUT2D eigenvalue weighted by atomic mass is 16.5. The number of carboxylic acid groups (broad SMARTS) is 1. The van der Waals surface area contributed by atoms with Gasteiger partial charge >= 0.3 is 5.97 Å². The van der Waals surface area contributed by atoms with Gasteiger partial charge in [0.2, 0.25) is 5.91 Å². The molecule has 0 bridgehead atoms. The molecule has 2 N–H and O–H groups in total. The molecule has 38 heavy (non-hydrogen) atoms. The van der Waals surface area contributed by atoms with E-state index in [1.54, 1.807) is 13.1 Å². The number of piperidine rings is 1. The summed E-state index contributed by atoms with van der Waals surface area (Å²) in [6.45, 7) is 5.68. The Labute approximate surface area is 222 Å². The van der Waals surface area contributed by atoms with Crippen molar-refractivity contribution < 1.29 is 24.2 Å². The summed E-state index contributed by atoms with van der Waals surface area (Å²) in [5.41, 5.74) is 1.76. The first kappa shape index (κ1) is 26.9. The van der Waals surface area contributed by atoms with E-state index in [0.29, 0.717) is 31.2 Å². The number of nitrogens with one attached hydrogen (secondary N) is 1. The summed E-state index contributed by atoms with van der Waals surface area (Å²) in [6, 6.07) is 15.1. The van der Waals surface area contributed by atoms with E-state index >= 15 is 0 Å². The summed E-state index contributed by atoms with van der Waals surface area (Å²) in [4.78, 5) is 34.8. The first-order valence-corrected chi connectivity index (χ1v) is 13.0. The Morgan fingerprint density at radius 1 is 1.11 bits per heavy atom. The standard InChI is InChI=1S/C29H34N4O5/c1-3-37-24-8-4-5-9-25(24)38-23-7-6-14-33(19-23)27-18-30-17-26(31-27)32-28(34)16-22-12-10-21(11-13-22)15-20(2)29(35)36/h4-5,8-13,17-18,20,23H,3,6-7,14-16,19H2,1-2H3,(H,35,36)(H,31,32,34)/t20-,23+/m0/s1. The van der Waals surface area contributed by atoms with Crippen LogP contribution in [0.4, 0.5) is 11.6 Å². The molecule has 0 unspecified atom stereocenters. The highest BCUT2D eigenvalue weighted by molar-refractivity contribution is 5.91. The number of nitrogens with zero attached hydrogens (tertiary/aromatic N) is 3. The molecule has 2 heterocycles. The van der Waals surface area contributed by atoms with Crippen LogP contribution in [0.25, 0.3) is 0 Å². The molecule has 2 atom stereocenters. The molecule has 0 spiro atoms. The van der Waals surface area contributed by atoms with Crippen LogP contribution in [0.15, 0.2) is 60.9 Å². The highest BCUT2D eigenvalue weighted by Gasteiger charge is 2.24. The summed E-state index contributed by atoms with van der Waals surface area (Å²) >= 11 is 0. The van der Waals surface area contributed by atoms with Gasteiger partial charge < -0.3 is 24.8 Å². The number of anilines is 2. The van der Waals surface area contributed by atoms with Crippen LogP contribution in [0.2, 0.25) is 0 Å². The number of carbonyl (C=O) groups is 2. The van der Waals surface area contributed by atoms with Gasteiger partial charge in [0.05, 0.1) is 37.9 Å². The minimum Gasteiger partial charge on any atom is -0.490 e. The maximum atomic E-state index is 12.7. The topological polar surface area (TPSA) is 114 Å². The Kier molecular flexibility index (Phi) is 9.13. The molecule has 1 aliphatic rings. The van der Waals surface area contributed by atoms with Gasteiger partial charge in [-0.3, -0.25) is 14.6 Å². The smallest absolute Gasteiger partial charge is 0.306 e. The molecule has 0 aliphatic carbocycles. The molecule has 4 rings (SSSR count). The normalized spacial score (nSPS) is 15.9. The number of rotatable bonds is 11. The minimum absolute atomic E-state index is 0.0214. The minimum atomic E-state index is -0.823. The lowest BCUT2D eigenvalue weighted by atomic mass is 9.99. The molecule has 1 aromatic heterocycles. The first-order valence-electron chi connectivity index (χ1n) is 13.0. The van der Waals surface area contributed by atoms with Gasteiger partial charge in [-0.1, -0.05) is 43.3 Å². The van der Waals surface area contributed by atoms with E-state index in [1.807, 2.05) is 55.5 Å².